The summed E-state index contributed by atoms with van der Waals surface area (Å²) in [4.78, 5) is 28.6. The second-order valence-corrected chi connectivity index (χ2v) is 8.81. The molecule has 4 rings (SSSR count). The predicted octanol–water partition coefficient (Wildman–Crippen LogP) is 5.06. The first-order valence-corrected chi connectivity index (χ1v) is 11.0. The molecule has 6 heteroatoms. The van der Waals surface area contributed by atoms with E-state index in [-0.39, 0.29) is 23.5 Å². The Morgan fingerprint density at radius 3 is 2.62 bits per heavy atom. The van der Waals surface area contributed by atoms with E-state index < -0.39 is 17.7 Å². The second kappa shape index (κ2) is 8.03. The molecule has 2 aliphatic rings. The zero-order chi connectivity index (χ0) is 20.5. The minimum absolute atomic E-state index is 0.0116. The molecule has 1 aliphatic carbocycles. The van der Waals surface area contributed by atoms with E-state index in [1.807, 2.05) is 43.5 Å². The number of hydrogen-bond acceptors (Lipinski definition) is 5. The van der Waals surface area contributed by atoms with Gasteiger partial charge in [-0.1, -0.05) is 31.0 Å². The van der Waals surface area contributed by atoms with E-state index in [0.717, 1.165) is 31.2 Å². The molecule has 5 nitrogen and oxygen atoms in total. The fraction of sp³-hybridized carbons (Fsp3) is 0.391. The molecule has 1 aromatic carbocycles. The van der Waals surface area contributed by atoms with Gasteiger partial charge in [0.25, 0.3) is 5.91 Å². The van der Waals surface area contributed by atoms with Crippen LogP contribution in [0.25, 0.3) is 0 Å². The Morgan fingerprint density at radius 1 is 1.21 bits per heavy atom. The molecule has 2 heterocycles. The van der Waals surface area contributed by atoms with Gasteiger partial charge >= 0.3 is 0 Å². The molecule has 1 aliphatic heterocycles. The van der Waals surface area contributed by atoms with Crippen LogP contribution in [0.2, 0.25) is 0 Å². The maximum Gasteiger partial charge on any atom is 0.290 e. The third-order valence-electron chi connectivity index (χ3n) is 5.50. The molecule has 1 N–H and O–H groups in total. The SMILES string of the molecule is CC(C)Oc1cccc(C2C(C(=O)c3cccs3)=C(O)C(=O)N2C2CCCC2)c1. The number of thiophene rings is 1. The summed E-state index contributed by atoms with van der Waals surface area (Å²) in [6.45, 7) is 3.90. The third kappa shape index (κ3) is 3.69. The number of rotatable bonds is 6. The van der Waals surface area contributed by atoms with Crippen LogP contribution >= 0.6 is 11.3 Å². The number of carbonyl (C=O) groups excluding carboxylic acids is 2. The summed E-state index contributed by atoms with van der Waals surface area (Å²) in [7, 11) is 0. The van der Waals surface area contributed by atoms with Crippen LogP contribution in [0.5, 0.6) is 5.75 Å². The summed E-state index contributed by atoms with van der Waals surface area (Å²) in [5.41, 5.74) is 0.957. The third-order valence-corrected chi connectivity index (χ3v) is 6.37. The van der Waals surface area contributed by atoms with Crippen molar-refractivity contribution in [2.45, 2.75) is 57.7 Å². The fourth-order valence-corrected chi connectivity index (χ4v) is 4.99. The Hall–Kier alpha value is -2.60. The lowest BCUT2D eigenvalue weighted by Crippen LogP contribution is -2.38. The summed E-state index contributed by atoms with van der Waals surface area (Å²) < 4.78 is 5.83. The highest BCUT2D eigenvalue weighted by Crippen LogP contribution is 2.44. The lowest BCUT2D eigenvalue weighted by Gasteiger charge is -2.32. The van der Waals surface area contributed by atoms with Gasteiger partial charge in [0.1, 0.15) is 5.75 Å². The number of nitrogens with zero attached hydrogens (tertiary/aromatic N) is 1. The van der Waals surface area contributed by atoms with Crippen molar-refractivity contribution in [1.29, 1.82) is 0 Å². The zero-order valence-electron chi connectivity index (χ0n) is 16.6. The number of aliphatic hydroxyl groups is 1. The Labute approximate surface area is 174 Å². The number of benzene rings is 1. The molecule has 1 unspecified atom stereocenters. The van der Waals surface area contributed by atoms with Crippen LogP contribution in [0, 0.1) is 0 Å². The zero-order valence-corrected chi connectivity index (χ0v) is 17.4. The summed E-state index contributed by atoms with van der Waals surface area (Å²) >= 11 is 1.31. The van der Waals surface area contributed by atoms with E-state index in [0.29, 0.717) is 10.6 Å². The van der Waals surface area contributed by atoms with E-state index in [1.165, 1.54) is 11.3 Å². The summed E-state index contributed by atoms with van der Waals surface area (Å²) in [6.07, 6.45) is 3.88. The maximum absolute atomic E-state index is 13.3. The molecule has 1 fully saturated rings. The number of Topliss-reactive ketones (excluding diaryl/α,β-unsaturated/α-hetero) is 1. The first-order valence-electron chi connectivity index (χ1n) is 10.1. The minimum Gasteiger partial charge on any atom is -0.503 e. The highest BCUT2D eigenvalue weighted by atomic mass is 32.1. The van der Waals surface area contributed by atoms with E-state index >= 15 is 0 Å². The van der Waals surface area contributed by atoms with Crippen LogP contribution in [0.3, 0.4) is 0 Å². The predicted molar refractivity (Wildman–Crippen MR) is 112 cm³/mol. The summed E-state index contributed by atoms with van der Waals surface area (Å²) in [5.74, 6) is -0.468. The van der Waals surface area contributed by atoms with Gasteiger partial charge in [-0.05, 0) is 55.8 Å². The summed E-state index contributed by atoms with van der Waals surface area (Å²) in [5, 5.41) is 12.6. The number of ether oxygens (including phenoxy) is 1. The molecule has 1 aromatic heterocycles. The Balaban J connectivity index is 1.80. The molecule has 0 saturated heterocycles. The largest absolute Gasteiger partial charge is 0.503 e. The van der Waals surface area contributed by atoms with Gasteiger partial charge in [-0.2, -0.15) is 0 Å². The van der Waals surface area contributed by atoms with Crippen LogP contribution in [0.4, 0.5) is 0 Å². The number of amides is 1. The quantitative estimate of drug-likeness (QED) is 0.675. The van der Waals surface area contributed by atoms with Gasteiger partial charge in [0.05, 0.1) is 22.6 Å². The van der Waals surface area contributed by atoms with Crippen molar-refractivity contribution in [3.63, 3.8) is 0 Å². The van der Waals surface area contributed by atoms with E-state index in [2.05, 4.69) is 0 Å². The normalized spacial score (nSPS) is 20.2. The average molecular weight is 412 g/mol. The van der Waals surface area contributed by atoms with Crippen molar-refractivity contribution in [3.8, 4) is 5.75 Å². The fourth-order valence-electron chi connectivity index (χ4n) is 4.31. The minimum atomic E-state index is -0.601. The number of ketones is 1. The molecule has 0 bridgehead atoms. The molecule has 0 radical (unpaired) electrons. The van der Waals surface area contributed by atoms with Crippen LogP contribution in [-0.2, 0) is 4.79 Å². The van der Waals surface area contributed by atoms with Crippen molar-refractivity contribution in [2.75, 3.05) is 0 Å². The number of aliphatic hydroxyl groups excluding tert-OH is 1. The molecule has 29 heavy (non-hydrogen) atoms. The molecule has 0 spiro atoms. The first kappa shape index (κ1) is 19.7. The van der Waals surface area contributed by atoms with Gasteiger partial charge in [-0.3, -0.25) is 9.59 Å². The summed E-state index contributed by atoms with van der Waals surface area (Å²) in [6, 6.07) is 10.5. The topological polar surface area (TPSA) is 66.8 Å². The van der Waals surface area contributed by atoms with Crippen molar-refractivity contribution in [3.05, 3.63) is 63.6 Å². The van der Waals surface area contributed by atoms with Gasteiger partial charge in [-0.15, -0.1) is 11.3 Å². The van der Waals surface area contributed by atoms with Gasteiger partial charge in [0.2, 0.25) is 5.78 Å². The van der Waals surface area contributed by atoms with Crippen LogP contribution in [0.1, 0.15) is 60.8 Å². The van der Waals surface area contributed by atoms with Gasteiger partial charge in [0, 0.05) is 6.04 Å². The lowest BCUT2D eigenvalue weighted by atomic mass is 9.94. The second-order valence-electron chi connectivity index (χ2n) is 7.86. The van der Waals surface area contributed by atoms with Crippen molar-refractivity contribution in [1.82, 2.24) is 4.90 Å². The van der Waals surface area contributed by atoms with E-state index in [4.69, 9.17) is 4.74 Å². The Bertz CT molecular complexity index is 942. The van der Waals surface area contributed by atoms with Gasteiger partial charge in [0.15, 0.2) is 5.76 Å². The van der Waals surface area contributed by atoms with E-state index in [9.17, 15) is 14.7 Å². The highest BCUT2D eigenvalue weighted by Gasteiger charge is 2.47. The van der Waals surface area contributed by atoms with Crippen molar-refractivity contribution >= 4 is 23.0 Å². The Kier molecular flexibility index (Phi) is 5.46. The number of carbonyl (C=O) groups is 2. The van der Waals surface area contributed by atoms with Crippen LogP contribution in [0.15, 0.2) is 53.1 Å². The smallest absolute Gasteiger partial charge is 0.290 e. The molecule has 152 valence electrons. The van der Waals surface area contributed by atoms with Crippen molar-refractivity contribution < 1.29 is 19.4 Å². The standard InChI is InChI=1S/C23H25NO4S/c1-14(2)28-17-10-5-7-15(13-17)20-19(21(25)18-11-6-12-29-18)22(26)23(27)24(20)16-8-3-4-9-16/h5-7,10-14,16,20,26H,3-4,8-9H2,1-2H3. The molecule has 1 atom stereocenters. The van der Waals surface area contributed by atoms with Crippen LogP contribution < -0.4 is 4.74 Å². The molecule has 1 amide bonds. The first-order chi connectivity index (χ1) is 14.0. The molecule has 2 aromatic rings. The van der Waals surface area contributed by atoms with Crippen molar-refractivity contribution in [2.24, 2.45) is 0 Å². The lowest BCUT2D eigenvalue weighted by molar-refractivity contribution is -0.131. The molecule has 1 saturated carbocycles. The van der Waals surface area contributed by atoms with E-state index in [1.54, 1.807) is 17.0 Å². The molecular weight excluding hydrogens is 386 g/mol. The van der Waals surface area contributed by atoms with Gasteiger partial charge < -0.3 is 14.7 Å². The van der Waals surface area contributed by atoms with Gasteiger partial charge in [-0.25, -0.2) is 0 Å². The molecular formula is C23H25NO4S. The number of hydrogen-bond donors (Lipinski definition) is 1. The maximum atomic E-state index is 13.3. The van der Waals surface area contributed by atoms with Crippen LogP contribution in [-0.4, -0.2) is 33.8 Å². The average Bonchev–Trinajstić information content (AvgIpc) is 3.43. The highest BCUT2D eigenvalue weighted by molar-refractivity contribution is 7.12. The monoisotopic (exact) mass is 411 g/mol. The Morgan fingerprint density at radius 2 is 1.97 bits per heavy atom.